The predicted molar refractivity (Wildman–Crippen MR) is 74.2 cm³/mol. The molecule has 0 aliphatic rings. The van der Waals surface area contributed by atoms with Gasteiger partial charge in [0.05, 0.1) is 25.0 Å². The molecule has 2 aromatic heterocycles. The summed E-state index contributed by atoms with van der Waals surface area (Å²) in [5, 5.41) is 24.8. The third kappa shape index (κ3) is 2.56. The van der Waals surface area contributed by atoms with Gasteiger partial charge in [-0.1, -0.05) is 0 Å². The van der Waals surface area contributed by atoms with E-state index in [-0.39, 0.29) is 18.0 Å². The van der Waals surface area contributed by atoms with Crippen molar-refractivity contribution in [3.05, 3.63) is 38.8 Å². The molecular weight excluding hydrogens is 276 g/mol. The van der Waals surface area contributed by atoms with Gasteiger partial charge >= 0.3 is 5.69 Å². The second kappa shape index (κ2) is 5.64. The topological polar surface area (TPSA) is 118 Å². The smallest absolute Gasteiger partial charge is 0.332 e. The average Bonchev–Trinajstić information content (AvgIpc) is 2.91. The summed E-state index contributed by atoms with van der Waals surface area (Å²) in [7, 11) is 2.78. The highest BCUT2D eigenvalue weighted by Crippen LogP contribution is 2.15. The molecule has 2 heterocycles. The van der Waals surface area contributed by atoms with Crippen molar-refractivity contribution >= 4 is 11.5 Å². The van der Waals surface area contributed by atoms with Crippen LogP contribution >= 0.6 is 0 Å². The molecule has 0 spiro atoms. The molecule has 2 N–H and O–H groups in total. The van der Waals surface area contributed by atoms with E-state index in [0.29, 0.717) is 12.2 Å². The SMILES string of the molecule is Cn1c(Nc2cnn(CCO)c2)c(C#N)c(=O)n(C)c1=O. The lowest BCUT2D eigenvalue weighted by atomic mass is 10.3. The number of nitriles is 1. The van der Waals surface area contributed by atoms with Gasteiger partial charge in [0.2, 0.25) is 0 Å². The molecule has 0 amide bonds. The van der Waals surface area contributed by atoms with E-state index in [9.17, 15) is 9.59 Å². The van der Waals surface area contributed by atoms with E-state index in [1.807, 2.05) is 0 Å². The first-order valence-electron chi connectivity index (χ1n) is 6.10. The Morgan fingerprint density at radius 2 is 2.10 bits per heavy atom. The maximum atomic E-state index is 11.9. The van der Waals surface area contributed by atoms with Crippen molar-refractivity contribution in [1.82, 2.24) is 18.9 Å². The molecule has 0 aliphatic carbocycles. The third-order valence-electron chi connectivity index (χ3n) is 3.00. The highest BCUT2D eigenvalue weighted by molar-refractivity contribution is 5.61. The minimum Gasteiger partial charge on any atom is -0.394 e. The number of anilines is 2. The molecule has 9 nitrogen and oxygen atoms in total. The Morgan fingerprint density at radius 3 is 2.71 bits per heavy atom. The molecule has 0 fully saturated rings. The van der Waals surface area contributed by atoms with Crippen LogP contribution in [0.15, 0.2) is 22.0 Å². The Bertz CT molecular complexity index is 823. The van der Waals surface area contributed by atoms with Crippen molar-refractivity contribution in [2.75, 3.05) is 11.9 Å². The van der Waals surface area contributed by atoms with E-state index in [1.54, 1.807) is 12.3 Å². The molecule has 0 bridgehead atoms. The van der Waals surface area contributed by atoms with Gasteiger partial charge in [-0.2, -0.15) is 10.4 Å². The molecule has 0 atom stereocenters. The van der Waals surface area contributed by atoms with Gasteiger partial charge in [0, 0.05) is 20.3 Å². The zero-order chi connectivity index (χ0) is 15.6. The molecule has 0 unspecified atom stereocenters. The Balaban J connectivity index is 2.51. The number of hydrogen-bond donors (Lipinski definition) is 2. The van der Waals surface area contributed by atoms with Gasteiger partial charge in [-0.15, -0.1) is 0 Å². The van der Waals surface area contributed by atoms with Crippen LogP contribution in [0.4, 0.5) is 11.5 Å². The number of nitrogens with zero attached hydrogens (tertiary/aromatic N) is 5. The van der Waals surface area contributed by atoms with Crippen molar-refractivity contribution in [3.63, 3.8) is 0 Å². The van der Waals surface area contributed by atoms with E-state index < -0.39 is 11.2 Å². The van der Waals surface area contributed by atoms with Crippen molar-refractivity contribution in [1.29, 1.82) is 5.26 Å². The first kappa shape index (κ1) is 14.5. The maximum Gasteiger partial charge on any atom is 0.332 e. The molecule has 0 aliphatic heterocycles. The zero-order valence-electron chi connectivity index (χ0n) is 11.6. The van der Waals surface area contributed by atoms with Gasteiger partial charge in [-0.3, -0.25) is 18.6 Å². The highest BCUT2D eigenvalue weighted by Gasteiger charge is 2.15. The Labute approximate surface area is 119 Å². The standard InChI is InChI=1S/C12H14N6O3/c1-16-10(9(5-13)11(20)17(2)12(16)21)15-8-6-14-18(7-8)3-4-19/h6-7,15,19H,3-4H2,1-2H3. The quantitative estimate of drug-likeness (QED) is 0.737. The summed E-state index contributed by atoms with van der Waals surface area (Å²) in [5.74, 6) is 0.106. The van der Waals surface area contributed by atoms with Gasteiger partial charge < -0.3 is 10.4 Å². The van der Waals surface area contributed by atoms with Gasteiger partial charge in [0.15, 0.2) is 5.56 Å². The fourth-order valence-electron chi connectivity index (χ4n) is 1.88. The van der Waals surface area contributed by atoms with Crippen LogP contribution in [0.2, 0.25) is 0 Å². The zero-order valence-corrected chi connectivity index (χ0v) is 11.6. The maximum absolute atomic E-state index is 11.9. The lowest BCUT2D eigenvalue weighted by Crippen LogP contribution is -2.39. The number of rotatable bonds is 4. The second-order valence-corrected chi connectivity index (χ2v) is 4.38. The normalized spacial score (nSPS) is 10.4. The Kier molecular flexibility index (Phi) is 3.91. The van der Waals surface area contributed by atoms with Crippen molar-refractivity contribution in [3.8, 4) is 6.07 Å². The molecule has 2 aromatic rings. The lowest BCUT2D eigenvalue weighted by Gasteiger charge is -2.12. The van der Waals surface area contributed by atoms with Crippen LogP contribution in [0.1, 0.15) is 5.56 Å². The minimum atomic E-state index is -0.661. The van der Waals surface area contributed by atoms with Crippen LogP contribution in [0.3, 0.4) is 0 Å². The number of nitrogens with one attached hydrogen (secondary N) is 1. The summed E-state index contributed by atoms with van der Waals surface area (Å²) >= 11 is 0. The highest BCUT2D eigenvalue weighted by atomic mass is 16.3. The molecule has 2 rings (SSSR count). The number of aliphatic hydroxyl groups is 1. The van der Waals surface area contributed by atoms with Gasteiger partial charge in [0.1, 0.15) is 11.9 Å². The van der Waals surface area contributed by atoms with E-state index in [2.05, 4.69) is 10.4 Å². The fourth-order valence-corrected chi connectivity index (χ4v) is 1.88. The van der Waals surface area contributed by atoms with E-state index in [4.69, 9.17) is 10.4 Å². The third-order valence-corrected chi connectivity index (χ3v) is 3.00. The van der Waals surface area contributed by atoms with Crippen molar-refractivity contribution in [2.24, 2.45) is 14.1 Å². The van der Waals surface area contributed by atoms with E-state index in [0.717, 1.165) is 4.57 Å². The van der Waals surface area contributed by atoms with Gasteiger partial charge in [-0.25, -0.2) is 4.79 Å². The van der Waals surface area contributed by atoms with Crippen LogP contribution < -0.4 is 16.6 Å². The van der Waals surface area contributed by atoms with Gasteiger partial charge in [0.25, 0.3) is 5.56 Å². The molecule has 9 heteroatoms. The largest absolute Gasteiger partial charge is 0.394 e. The first-order chi connectivity index (χ1) is 9.99. The van der Waals surface area contributed by atoms with Crippen molar-refractivity contribution < 1.29 is 5.11 Å². The number of aliphatic hydroxyl groups excluding tert-OH is 1. The van der Waals surface area contributed by atoms with Crippen LogP contribution in [0, 0.1) is 11.3 Å². The Morgan fingerprint density at radius 1 is 1.38 bits per heavy atom. The van der Waals surface area contributed by atoms with Crippen LogP contribution in [-0.2, 0) is 20.6 Å². The summed E-state index contributed by atoms with van der Waals surface area (Å²) < 4.78 is 3.55. The van der Waals surface area contributed by atoms with Crippen LogP contribution in [-0.4, -0.2) is 30.6 Å². The predicted octanol–water partition coefficient (Wildman–Crippen LogP) is -1.11. The van der Waals surface area contributed by atoms with Gasteiger partial charge in [-0.05, 0) is 0 Å². The fraction of sp³-hybridized carbons (Fsp3) is 0.333. The second-order valence-electron chi connectivity index (χ2n) is 4.38. The molecular formula is C12H14N6O3. The summed E-state index contributed by atoms with van der Waals surface area (Å²) in [6.45, 7) is 0.261. The van der Waals surface area contributed by atoms with Crippen LogP contribution in [0.5, 0.6) is 0 Å². The average molecular weight is 290 g/mol. The summed E-state index contributed by atoms with van der Waals surface area (Å²) in [4.78, 5) is 23.8. The molecule has 0 aromatic carbocycles. The molecule has 0 radical (unpaired) electrons. The molecule has 0 saturated carbocycles. The minimum absolute atomic E-state index is 0.0606. The van der Waals surface area contributed by atoms with E-state index >= 15 is 0 Å². The lowest BCUT2D eigenvalue weighted by molar-refractivity contribution is 0.269. The monoisotopic (exact) mass is 290 g/mol. The number of aromatic nitrogens is 4. The summed E-state index contributed by atoms with van der Waals surface area (Å²) in [6, 6.07) is 1.80. The number of hydrogen-bond acceptors (Lipinski definition) is 6. The molecule has 0 saturated heterocycles. The summed E-state index contributed by atoms with van der Waals surface area (Å²) in [5.41, 5.74) is -0.854. The molecule has 110 valence electrons. The summed E-state index contributed by atoms with van der Waals surface area (Å²) in [6.07, 6.45) is 3.07. The molecule has 21 heavy (non-hydrogen) atoms. The van der Waals surface area contributed by atoms with E-state index in [1.165, 1.54) is 29.5 Å². The van der Waals surface area contributed by atoms with Crippen LogP contribution in [0.25, 0.3) is 0 Å². The van der Waals surface area contributed by atoms with Crippen molar-refractivity contribution in [2.45, 2.75) is 6.54 Å². The Hall–Kier alpha value is -2.86. The first-order valence-corrected chi connectivity index (χ1v) is 6.10.